The van der Waals surface area contributed by atoms with Gasteiger partial charge in [0.25, 0.3) is 0 Å². The molecule has 0 atom stereocenters. The molecule has 1 aromatic carbocycles. The van der Waals surface area contributed by atoms with E-state index in [1.54, 1.807) is 18.2 Å². The third-order valence-electron chi connectivity index (χ3n) is 3.06. The Balaban J connectivity index is 2.23. The van der Waals surface area contributed by atoms with Crippen molar-refractivity contribution >= 4 is 5.78 Å². The van der Waals surface area contributed by atoms with Crippen LogP contribution in [0.15, 0.2) is 24.3 Å². The molecule has 1 saturated carbocycles. The van der Waals surface area contributed by atoms with Crippen molar-refractivity contribution in [2.75, 3.05) is 21.3 Å². The molecule has 1 aliphatic rings. The number of carbonyl (C=O) groups excluding carboxylic acids is 1. The van der Waals surface area contributed by atoms with Crippen molar-refractivity contribution in [2.45, 2.75) is 0 Å². The van der Waals surface area contributed by atoms with Gasteiger partial charge in [-0.05, 0) is 43.9 Å². The predicted molar refractivity (Wildman–Crippen MR) is 80.0 cm³/mol. The van der Waals surface area contributed by atoms with Crippen molar-refractivity contribution < 1.29 is 19.0 Å². The van der Waals surface area contributed by atoms with E-state index in [0.717, 1.165) is 5.92 Å². The number of carbonyl (C=O) groups is 1. The topological polar surface area (TPSA) is 44.8 Å². The monoisotopic (exact) mass is 285 g/mol. The van der Waals surface area contributed by atoms with Crippen molar-refractivity contribution in [3.8, 4) is 17.2 Å². The van der Waals surface area contributed by atoms with Gasteiger partial charge in [0.2, 0.25) is 5.75 Å². The molecule has 21 heavy (non-hydrogen) atoms. The summed E-state index contributed by atoms with van der Waals surface area (Å²) in [4.78, 5) is 12.2. The molecule has 0 spiro atoms. The summed E-state index contributed by atoms with van der Waals surface area (Å²) < 4.78 is 15.7. The molecular weight excluding hydrogens is 268 g/mol. The fourth-order valence-corrected chi connectivity index (χ4v) is 1.99. The second-order valence-electron chi connectivity index (χ2n) is 4.33. The average Bonchev–Trinajstić information content (AvgIpc) is 3.04. The summed E-state index contributed by atoms with van der Waals surface area (Å²) in [6.45, 7) is 0. The molecule has 1 aliphatic carbocycles. The van der Waals surface area contributed by atoms with Crippen LogP contribution >= 0.6 is 0 Å². The molecule has 109 valence electrons. The standard InChI is InChI=1S/C17H17O4/c1-19-15-10-13(11-16(20-2)17(15)21-3)14(18)9-8-12-6-4-5-7-12/h4-11H,1-3H3/b9-8+. The zero-order valence-corrected chi connectivity index (χ0v) is 12.3. The van der Waals surface area contributed by atoms with Crippen LogP contribution in [0.4, 0.5) is 0 Å². The van der Waals surface area contributed by atoms with Gasteiger partial charge in [0, 0.05) is 11.5 Å². The minimum atomic E-state index is -0.129. The Morgan fingerprint density at radius 2 is 1.52 bits per heavy atom. The molecule has 4 nitrogen and oxygen atoms in total. The SMILES string of the molecule is COc1cc(C(=O)/C=C/[C]2[CH][CH][CH][CH]2)cc(OC)c1OC. The molecule has 0 amide bonds. The van der Waals surface area contributed by atoms with E-state index in [0.29, 0.717) is 22.8 Å². The highest BCUT2D eigenvalue weighted by Crippen LogP contribution is 2.38. The van der Waals surface area contributed by atoms with Crippen LogP contribution in [0.5, 0.6) is 17.2 Å². The van der Waals surface area contributed by atoms with Gasteiger partial charge in [-0.25, -0.2) is 0 Å². The zero-order chi connectivity index (χ0) is 15.2. The maximum atomic E-state index is 12.2. The summed E-state index contributed by atoms with van der Waals surface area (Å²) in [5.41, 5.74) is 0.479. The average molecular weight is 285 g/mol. The molecule has 0 aromatic heterocycles. The van der Waals surface area contributed by atoms with Gasteiger partial charge >= 0.3 is 0 Å². The fraction of sp³-hybridized carbons (Fsp3) is 0.176. The van der Waals surface area contributed by atoms with Crippen molar-refractivity contribution in [3.05, 3.63) is 61.4 Å². The van der Waals surface area contributed by atoms with Crippen molar-refractivity contribution in [1.82, 2.24) is 0 Å². The Morgan fingerprint density at radius 1 is 0.952 bits per heavy atom. The first-order valence-corrected chi connectivity index (χ1v) is 6.43. The van der Waals surface area contributed by atoms with Crippen molar-refractivity contribution in [3.63, 3.8) is 0 Å². The molecule has 1 fully saturated rings. The second kappa shape index (κ2) is 7.16. The maximum Gasteiger partial charge on any atom is 0.203 e. The molecule has 2 rings (SSSR count). The Bertz CT molecular complexity index is 503. The summed E-state index contributed by atoms with van der Waals surface area (Å²) in [6.07, 6.45) is 11.0. The summed E-state index contributed by atoms with van der Waals surface area (Å²) in [7, 11) is 4.56. The smallest absolute Gasteiger partial charge is 0.203 e. The lowest BCUT2D eigenvalue weighted by molar-refractivity contribution is 0.104. The highest BCUT2D eigenvalue weighted by Gasteiger charge is 2.17. The summed E-state index contributed by atoms with van der Waals surface area (Å²) in [6, 6.07) is 3.28. The maximum absolute atomic E-state index is 12.2. The molecule has 4 heteroatoms. The van der Waals surface area contributed by atoms with Gasteiger partial charge in [0.1, 0.15) is 0 Å². The lowest BCUT2D eigenvalue weighted by Gasteiger charge is -2.13. The Morgan fingerprint density at radius 3 is 2.00 bits per heavy atom. The van der Waals surface area contributed by atoms with E-state index in [1.807, 2.05) is 25.7 Å². The summed E-state index contributed by atoms with van der Waals surface area (Å²) >= 11 is 0. The Hall–Kier alpha value is -1.97. The van der Waals surface area contributed by atoms with Crippen LogP contribution in [0.3, 0.4) is 0 Å². The van der Waals surface area contributed by atoms with Gasteiger partial charge in [-0.3, -0.25) is 4.79 Å². The van der Waals surface area contributed by atoms with Gasteiger partial charge in [0.15, 0.2) is 17.3 Å². The third kappa shape index (κ3) is 3.57. The zero-order valence-electron chi connectivity index (χ0n) is 12.3. The van der Waals surface area contributed by atoms with Crippen molar-refractivity contribution in [1.29, 1.82) is 0 Å². The quantitative estimate of drug-likeness (QED) is 0.595. The van der Waals surface area contributed by atoms with E-state index in [1.165, 1.54) is 27.4 Å². The summed E-state index contributed by atoms with van der Waals surface area (Å²) in [5, 5.41) is 0. The number of hydrogen-bond donors (Lipinski definition) is 0. The van der Waals surface area contributed by atoms with E-state index in [2.05, 4.69) is 0 Å². The van der Waals surface area contributed by atoms with E-state index in [-0.39, 0.29) is 5.78 Å². The number of ketones is 1. The fourth-order valence-electron chi connectivity index (χ4n) is 1.99. The number of hydrogen-bond acceptors (Lipinski definition) is 4. The van der Waals surface area contributed by atoms with Crippen LogP contribution in [-0.2, 0) is 0 Å². The minimum absolute atomic E-state index is 0.129. The van der Waals surface area contributed by atoms with Gasteiger partial charge in [-0.15, -0.1) is 0 Å². The van der Waals surface area contributed by atoms with Crippen LogP contribution < -0.4 is 14.2 Å². The van der Waals surface area contributed by atoms with Crippen LogP contribution in [0, 0.1) is 31.6 Å². The number of ether oxygens (including phenoxy) is 3. The number of benzene rings is 1. The molecule has 1 aromatic rings. The van der Waals surface area contributed by atoms with Gasteiger partial charge in [-0.2, -0.15) is 0 Å². The molecule has 0 bridgehead atoms. The van der Waals surface area contributed by atoms with Gasteiger partial charge in [0.05, 0.1) is 21.3 Å². The molecule has 0 saturated heterocycles. The van der Waals surface area contributed by atoms with Crippen molar-refractivity contribution in [2.24, 2.45) is 0 Å². The largest absolute Gasteiger partial charge is 0.493 e. The molecule has 5 radical (unpaired) electrons. The van der Waals surface area contributed by atoms with Crippen LogP contribution in [-0.4, -0.2) is 27.1 Å². The van der Waals surface area contributed by atoms with Crippen LogP contribution in [0.25, 0.3) is 0 Å². The highest BCUT2D eigenvalue weighted by molar-refractivity contribution is 6.05. The normalized spacial score (nSPS) is 15.4. The van der Waals surface area contributed by atoms with E-state index >= 15 is 0 Å². The number of rotatable bonds is 6. The predicted octanol–water partition coefficient (Wildman–Crippen LogP) is 2.86. The Kier molecular flexibility index (Phi) is 5.26. The lowest BCUT2D eigenvalue weighted by atomic mass is 10.0. The second-order valence-corrected chi connectivity index (χ2v) is 4.33. The molecule has 0 N–H and O–H groups in total. The first-order chi connectivity index (χ1) is 10.2. The van der Waals surface area contributed by atoms with Crippen LogP contribution in [0.1, 0.15) is 10.4 Å². The van der Waals surface area contributed by atoms with E-state index in [4.69, 9.17) is 14.2 Å². The number of allylic oxidation sites excluding steroid dienone is 2. The van der Waals surface area contributed by atoms with Gasteiger partial charge < -0.3 is 14.2 Å². The molecular formula is C17H17O4. The minimum Gasteiger partial charge on any atom is -0.493 e. The highest BCUT2D eigenvalue weighted by atomic mass is 16.5. The Labute approximate surface area is 125 Å². The van der Waals surface area contributed by atoms with E-state index in [9.17, 15) is 4.79 Å². The lowest BCUT2D eigenvalue weighted by Crippen LogP contribution is -2.01. The van der Waals surface area contributed by atoms with E-state index < -0.39 is 0 Å². The summed E-state index contributed by atoms with van der Waals surface area (Å²) in [5.74, 6) is 2.24. The van der Waals surface area contributed by atoms with Gasteiger partial charge in [-0.1, -0.05) is 6.08 Å². The van der Waals surface area contributed by atoms with Crippen LogP contribution in [0.2, 0.25) is 0 Å². The first-order valence-electron chi connectivity index (χ1n) is 6.43. The molecule has 0 aliphatic heterocycles. The first kappa shape index (κ1) is 15.4. The number of methoxy groups -OCH3 is 3. The molecule has 0 unspecified atom stereocenters. The molecule has 0 heterocycles. The third-order valence-corrected chi connectivity index (χ3v) is 3.06.